The smallest absolute Gasteiger partial charge is 0.273 e. The summed E-state index contributed by atoms with van der Waals surface area (Å²) in [4.78, 5) is 15.3. The lowest BCUT2D eigenvalue weighted by Gasteiger charge is -2.27. The van der Waals surface area contributed by atoms with Gasteiger partial charge >= 0.3 is 0 Å². The van der Waals surface area contributed by atoms with E-state index in [0.717, 1.165) is 22.3 Å². The Morgan fingerprint density at radius 1 is 1.06 bits per heavy atom. The summed E-state index contributed by atoms with van der Waals surface area (Å²) in [5.41, 5.74) is 4.36. The third kappa shape index (κ3) is 4.23. The summed E-state index contributed by atoms with van der Waals surface area (Å²) >= 11 is 6.09. The maximum absolute atomic E-state index is 13.6. The van der Waals surface area contributed by atoms with E-state index in [0.29, 0.717) is 41.1 Å². The van der Waals surface area contributed by atoms with Crippen LogP contribution < -0.4 is 9.47 Å². The minimum absolute atomic E-state index is 0.185. The van der Waals surface area contributed by atoms with Gasteiger partial charge in [0.25, 0.3) is 5.91 Å². The van der Waals surface area contributed by atoms with Crippen molar-refractivity contribution in [3.63, 3.8) is 0 Å². The number of hydrogen-bond donors (Lipinski definition) is 1. The van der Waals surface area contributed by atoms with Crippen LogP contribution in [0.1, 0.15) is 40.1 Å². The average molecular weight is 492 g/mol. The fourth-order valence-electron chi connectivity index (χ4n) is 4.45. The van der Waals surface area contributed by atoms with Gasteiger partial charge in [0, 0.05) is 22.7 Å². The second kappa shape index (κ2) is 9.43. The Kier molecular flexibility index (Phi) is 6.17. The van der Waals surface area contributed by atoms with Crippen molar-refractivity contribution in [2.24, 2.45) is 0 Å². The second-order valence-corrected chi connectivity index (χ2v) is 8.61. The highest BCUT2D eigenvalue weighted by Crippen LogP contribution is 2.45. The van der Waals surface area contributed by atoms with Crippen LogP contribution in [0.5, 0.6) is 11.5 Å². The van der Waals surface area contributed by atoms with Crippen LogP contribution in [-0.2, 0) is 6.54 Å². The summed E-state index contributed by atoms with van der Waals surface area (Å²) in [5.74, 6) is 0.686. The maximum Gasteiger partial charge on any atom is 0.273 e. The van der Waals surface area contributed by atoms with Gasteiger partial charge in [-0.15, -0.1) is 0 Å². The Labute approximate surface area is 207 Å². The standard InChI is InChI=1S/C27H23ClFN3O3/c1-3-35-21-13-8-18(14-22(21)34-2)26-23-24(17-6-9-19(28)10-7-17)30-31-25(23)27(33)32(26)15-16-4-11-20(29)12-5-16/h4-14,26H,3,15H2,1-2H3,(H,30,31). The fourth-order valence-corrected chi connectivity index (χ4v) is 4.58. The Bertz CT molecular complexity index is 1370. The minimum atomic E-state index is -0.448. The zero-order valence-corrected chi connectivity index (χ0v) is 20.0. The Morgan fingerprint density at radius 3 is 2.49 bits per heavy atom. The zero-order chi connectivity index (χ0) is 24.5. The molecule has 6 nitrogen and oxygen atoms in total. The van der Waals surface area contributed by atoms with E-state index in [9.17, 15) is 9.18 Å². The lowest BCUT2D eigenvalue weighted by Crippen LogP contribution is -2.29. The zero-order valence-electron chi connectivity index (χ0n) is 19.2. The molecule has 1 unspecified atom stereocenters. The summed E-state index contributed by atoms with van der Waals surface area (Å²) in [5, 5.41) is 8.04. The van der Waals surface area contributed by atoms with Gasteiger partial charge in [-0.3, -0.25) is 9.89 Å². The van der Waals surface area contributed by atoms with Crippen LogP contribution in [0.15, 0.2) is 66.7 Å². The molecule has 0 radical (unpaired) electrons. The minimum Gasteiger partial charge on any atom is -0.493 e. The predicted octanol–water partition coefficient (Wildman–Crippen LogP) is 6.02. The highest BCUT2D eigenvalue weighted by molar-refractivity contribution is 6.30. The lowest BCUT2D eigenvalue weighted by molar-refractivity contribution is 0.0730. The number of carbonyl (C=O) groups is 1. The molecule has 0 saturated heterocycles. The molecule has 1 aromatic heterocycles. The molecule has 1 N–H and O–H groups in total. The molecule has 178 valence electrons. The van der Waals surface area contributed by atoms with Gasteiger partial charge in [-0.05, 0) is 54.4 Å². The predicted molar refractivity (Wildman–Crippen MR) is 131 cm³/mol. The second-order valence-electron chi connectivity index (χ2n) is 8.17. The average Bonchev–Trinajstić information content (AvgIpc) is 3.41. The van der Waals surface area contributed by atoms with Crippen molar-refractivity contribution in [3.8, 4) is 22.8 Å². The first kappa shape index (κ1) is 22.9. The van der Waals surface area contributed by atoms with Crippen LogP contribution in [0.4, 0.5) is 4.39 Å². The van der Waals surface area contributed by atoms with Gasteiger partial charge < -0.3 is 14.4 Å². The molecule has 1 aliphatic rings. The van der Waals surface area contributed by atoms with Gasteiger partial charge in [-0.2, -0.15) is 5.10 Å². The number of aromatic nitrogens is 2. The summed E-state index contributed by atoms with van der Waals surface area (Å²) in [6.07, 6.45) is 0. The third-order valence-electron chi connectivity index (χ3n) is 6.05. The van der Waals surface area contributed by atoms with E-state index < -0.39 is 6.04 Å². The molecule has 0 fully saturated rings. The molecular formula is C27H23ClFN3O3. The Morgan fingerprint density at radius 2 is 1.80 bits per heavy atom. The number of aromatic amines is 1. The number of nitrogens with one attached hydrogen (secondary N) is 1. The molecule has 8 heteroatoms. The number of H-pyrrole nitrogens is 1. The third-order valence-corrected chi connectivity index (χ3v) is 6.30. The normalized spacial score (nSPS) is 14.8. The molecule has 2 heterocycles. The van der Waals surface area contributed by atoms with E-state index >= 15 is 0 Å². The van der Waals surface area contributed by atoms with Crippen LogP contribution in [0, 0.1) is 5.82 Å². The van der Waals surface area contributed by atoms with E-state index in [2.05, 4.69) is 10.2 Å². The van der Waals surface area contributed by atoms with Crippen LogP contribution in [0.25, 0.3) is 11.3 Å². The van der Waals surface area contributed by atoms with Crippen molar-refractivity contribution < 1.29 is 18.7 Å². The van der Waals surface area contributed by atoms with Crippen molar-refractivity contribution in [2.45, 2.75) is 19.5 Å². The molecule has 1 aliphatic heterocycles. The Balaban J connectivity index is 1.64. The number of hydrogen-bond acceptors (Lipinski definition) is 4. The first-order valence-corrected chi connectivity index (χ1v) is 11.6. The highest BCUT2D eigenvalue weighted by Gasteiger charge is 2.42. The van der Waals surface area contributed by atoms with E-state index in [1.54, 1.807) is 36.3 Å². The van der Waals surface area contributed by atoms with Gasteiger partial charge in [-0.1, -0.05) is 41.9 Å². The van der Waals surface area contributed by atoms with Crippen molar-refractivity contribution in [1.29, 1.82) is 0 Å². The SMILES string of the molecule is CCOc1ccc(C2c3c(-c4ccc(Cl)cc4)n[nH]c3C(=O)N2Cc2ccc(F)cc2)cc1OC. The maximum atomic E-state index is 13.6. The fraction of sp³-hybridized carbons (Fsp3) is 0.185. The van der Waals surface area contributed by atoms with Crippen molar-refractivity contribution in [3.05, 3.63) is 100.0 Å². The summed E-state index contributed by atoms with van der Waals surface area (Å²) in [7, 11) is 1.58. The van der Waals surface area contributed by atoms with E-state index in [1.165, 1.54) is 12.1 Å². The molecule has 0 bridgehead atoms. The summed E-state index contributed by atoms with van der Waals surface area (Å²) in [6.45, 7) is 2.70. The van der Waals surface area contributed by atoms with Gasteiger partial charge in [0.15, 0.2) is 11.5 Å². The number of rotatable bonds is 7. The molecule has 35 heavy (non-hydrogen) atoms. The van der Waals surface area contributed by atoms with Crippen LogP contribution in [-0.4, -0.2) is 34.7 Å². The van der Waals surface area contributed by atoms with Gasteiger partial charge in [0.05, 0.1) is 25.5 Å². The van der Waals surface area contributed by atoms with Crippen molar-refractivity contribution >= 4 is 17.5 Å². The molecule has 4 aromatic rings. The molecule has 0 aliphatic carbocycles. The monoisotopic (exact) mass is 491 g/mol. The van der Waals surface area contributed by atoms with Gasteiger partial charge in [-0.25, -0.2) is 4.39 Å². The number of carbonyl (C=O) groups excluding carboxylic acids is 1. The Hall–Kier alpha value is -3.84. The van der Waals surface area contributed by atoms with E-state index in [4.69, 9.17) is 21.1 Å². The van der Waals surface area contributed by atoms with Crippen molar-refractivity contribution in [1.82, 2.24) is 15.1 Å². The van der Waals surface area contributed by atoms with Crippen LogP contribution >= 0.6 is 11.6 Å². The molecular weight excluding hydrogens is 469 g/mol. The summed E-state index contributed by atoms with van der Waals surface area (Å²) < 4.78 is 24.8. The van der Waals surface area contributed by atoms with Gasteiger partial charge in [0.2, 0.25) is 0 Å². The van der Waals surface area contributed by atoms with E-state index in [-0.39, 0.29) is 11.7 Å². The number of amides is 1. The van der Waals surface area contributed by atoms with Crippen LogP contribution in [0.3, 0.4) is 0 Å². The number of benzene rings is 3. The highest BCUT2D eigenvalue weighted by atomic mass is 35.5. The molecule has 5 rings (SSSR count). The van der Waals surface area contributed by atoms with Crippen molar-refractivity contribution in [2.75, 3.05) is 13.7 Å². The van der Waals surface area contributed by atoms with E-state index in [1.807, 2.05) is 37.3 Å². The molecule has 1 amide bonds. The molecule has 0 saturated carbocycles. The first-order chi connectivity index (χ1) is 17.0. The number of fused-ring (bicyclic) bond motifs is 1. The topological polar surface area (TPSA) is 67.5 Å². The number of nitrogens with zero attached hydrogens (tertiary/aromatic N) is 2. The number of ether oxygens (including phenoxy) is 2. The number of methoxy groups -OCH3 is 1. The molecule has 1 atom stereocenters. The largest absolute Gasteiger partial charge is 0.493 e. The molecule has 3 aromatic carbocycles. The molecule has 0 spiro atoms. The quantitative estimate of drug-likeness (QED) is 0.343. The number of halogens is 2. The van der Waals surface area contributed by atoms with Gasteiger partial charge in [0.1, 0.15) is 11.5 Å². The van der Waals surface area contributed by atoms with Crippen LogP contribution in [0.2, 0.25) is 5.02 Å². The first-order valence-electron chi connectivity index (χ1n) is 11.2. The lowest BCUT2D eigenvalue weighted by atomic mass is 9.95. The summed E-state index contributed by atoms with van der Waals surface area (Å²) in [6, 6.07) is 18.7.